The zero-order valence-corrected chi connectivity index (χ0v) is 13.5. The lowest BCUT2D eigenvalue weighted by molar-refractivity contribution is -0.384. The molecule has 0 aromatic heterocycles. The molecular formula is C18H16N2O5. The molecule has 0 fully saturated rings. The van der Waals surface area contributed by atoms with Gasteiger partial charge >= 0.3 is 5.97 Å². The first-order valence-electron chi connectivity index (χ1n) is 7.79. The lowest BCUT2D eigenvalue weighted by Crippen LogP contribution is -2.38. The molecule has 1 heterocycles. The zero-order valence-electron chi connectivity index (χ0n) is 13.5. The van der Waals surface area contributed by atoms with E-state index in [1.165, 1.54) is 24.3 Å². The number of benzene rings is 2. The molecule has 3 rings (SSSR count). The number of non-ortho nitro benzene ring substituents is 1. The summed E-state index contributed by atoms with van der Waals surface area (Å²) in [5, 5.41) is 10.6. The van der Waals surface area contributed by atoms with E-state index in [2.05, 4.69) is 0 Å². The fourth-order valence-electron chi connectivity index (χ4n) is 2.94. The predicted molar refractivity (Wildman–Crippen MR) is 90.5 cm³/mol. The van der Waals surface area contributed by atoms with Gasteiger partial charge in [0.05, 0.1) is 10.5 Å². The Morgan fingerprint density at radius 1 is 1.20 bits per heavy atom. The van der Waals surface area contributed by atoms with Crippen molar-refractivity contribution in [2.75, 3.05) is 11.5 Å². The lowest BCUT2D eigenvalue weighted by Gasteiger charge is -2.22. The third-order valence-corrected chi connectivity index (χ3v) is 4.12. The molecule has 0 spiro atoms. The van der Waals surface area contributed by atoms with E-state index in [9.17, 15) is 19.7 Å². The molecule has 1 aliphatic heterocycles. The number of carbonyl (C=O) groups excluding carboxylic acids is 2. The van der Waals surface area contributed by atoms with E-state index in [0.29, 0.717) is 0 Å². The molecule has 0 saturated carbocycles. The van der Waals surface area contributed by atoms with Crippen LogP contribution in [0.25, 0.3) is 0 Å². The van der Waals surface area contributed by atoms with E-state index in [0.717, 1.165) is 17.7 Å². The summed E-state index contributed by atoms with van der Waals surface area (Å²) in [5.41, 5.74) is 1.97. The quantitative estimate of drug-likeness (QED) is 0.485. The molecule has 1 unspecified atom stereocenters. The van der Waals surface area contributed by atoms with Gasteiger partial charge in [0.2, 0.25) is 0 Å². The fourth-order valence-corrected chi connectivity index (χ4v) is 2.94. The van der Waals surface area contributed by atoms with Gasteiger partial charge < -0.3 is 9.64 Å². The van der Waals surface area contributed by atoms with Gasteiger partial charge in [-0.3, -0.25) is 14.9 Å². The van der Waals surface area contributed by atoms with Crippen LogP contribution < -0.4 is 4.90 Å². The van der Waals surface area contributed by atoms with Crippen LogP contribution in [-0.2, 0) is 16.0 Å². The van der Waals surface area contributed by atoms with Crippen LogP contribution >= 0.6 is 0 Å². The number of hydrogen-bond donors (Lipinski definition) is 0. The summed E-state index contributed by atoms with van der Waals surface area (Å²) in [7, 11) is 0. The Hall–Kier alpha value is -3.22. The minimum Gasteiger partial charge on any atom is -0.452 e. The van der Waals surface area contributed by atoms with Crippen molar-refractivity contribution in [2.24, 2.45) is 0 Å². The van der Waals surface area contributed by atoms with Gasteiger partial charge in [0.15, 0.2) is 6.61 Å². The van der Waals surface area contributed by atoms with Crippen LogP contribution in [0.5, 0.6) is 0 Å². The number of nitro benzene ring substituents is 1. The van der Waals surface area contributed by atoms with E-state index < -0.39 is 10.9 Å². The molecule has 7 nitrogen and oxygen atoms in total. The number of esters is 1. The van der Waals surface area contributed by atoms with Crippen LogP contribution in [0.1, 0.15) is 22.8 Å². The minimum atomic E-state index is -0.691. The average Bonchev–Trinajstić information content (AvgIpc) is 2.95. The van der Waals surface area contributed by atoms with Gasteiger partial charge in [0.1, 0.15) is 0 Å². The lowest BCUT2D eigenvalue weighted by atomic mass is 10.1. The number of anilines is 1. The highest BCUT2D eigenvalue weighted by Gasteiger charge is 2.31. The third kappa shape index (κ3) is 3.35. The first kappa shape index (κ1) is 16.6. The molecule has 0 N–H and O–H groups in total. The number of carbonyl (C=O) groups is 2. The molecule has 1 aliphatic rings. The van der Waals surface area contributed by atoms with Crippen LogP contribution in [0.3, 0.4) is 0 Å². The number of para-hydroxylation sites is 1. The molecule has 2 aromatic carbocycles. The standard InChI is InChI=1S/C18H16N2O5/c1-12-10-14-4-2-3-5-16(14)19(12)17(21)11-25-18(22)13-6-8-15(9-7-13)20(23)24/h2-9,12H,10-11H2,1H3. The van der Waals surface area contributed by atoms with E-state index in [1.807, 2.05) is 31.2 Å². The third-order valence-electron chi connectivity index (χ3n) is 4.12. The Bertz CT molecular complexity index is 832. The van der Waals surface area contributed by atoms with Gasteiger partial charge in [-0.15, -0.1) is 0 Å². The molecule has 7 heteroatoms. The molecule has 25 heavy (non-hydrogen) atoms. The molecule has 0 radical (unpaired) electrons. The van der Waals surface area contributed by atoms with Crippen molar-refractivity contribution in [1.29, 1.82) is 0 Å². The summed E-state index contributed by atoms with van der Waals surface area (Å²) >= 11 is 0. The Labute approximate surface area is 144 Å². The van der Waals surface area contributed by atoms with Crippen LogP contribution in [0.4, 0.5) is 11.4 Å². The van der Waals surface area contributed by atoms with Gasteiger partial charge in [-0.05, 0) is 37.1 Å². The Morgan fingerprint density at radius 2 is 1.88 bits per heavy atom. The number of nitrogens with zero attached hydrogens (tertiary/aromatic N) is 2. The summed E-state index contributed by atoms with van der Waals surface area (Å²) in [6.07, 6.45) is 0.762. The smallest absolute Gasteiger partial charge is 0.338 e. The summed E-state index contributed by atoms with van der Waals surface area (Å²) in [4.78, 5) is 36.2. The van der Waals surface area contributed by atoms with Crippen molar-refractivity contribution < 1.29 is 19.2 Å². The van der Waals surface area contributed by atoms with Crippen molar-refractivity contribution in [2.45, 2.75) is 19.4 Å². The topological polar surface area (TPSA) is 89.8 Å². The Balaban J connectivity index is 1.64. The maximum atomic E-state index is 12.5. The zero-order chi connectivity index (χ0) is 18.0. The summed E-state index contributed by atoms with van der Waals surface area (Å²) < 4.78 is 5.07. The highest BCUT2D eigenvalue weighted by Crippen LogP contribution is 2.31. The number of amides is 1. The van der Waals surface area contributed by atoms with E-state index in [4.69, 9.17) is 4.74 Å². The molecular weight excluding hydrogens is 324 g/mol. The molecule has 1 amide bonds. The second-order valence-corrected chi connectivity index (χ2v) is 5.83. The first-order valence-corrected chi connectivity index (χ1v) is 7.79. The maximum Gasteiger partial charge on any atom is 0.338 e. The number of hydrogen-bond acceptors (Lipinski definition) is 5. The predicted octanol–water partition coefficient (Wildman–Crippen LogP) is 2.73. The number of nitro groups is 1. The summed E-state index contributed by atoms with van der Waals surface area (Å²) in [5.74, 6) is -0.990. The van der Waals surface area contributed by atoms with Crippen LogP contribution in [0.15, 0.2) is 48.5 Å². The van der Waals surface area contributed by atoms with Crippen molar-refractivity contribution in [3.05, 3.63) is 69.8 Å². The van der Waals surface area contributed by atoms with Crippen molar-refractivity contribution in [1.82, 2.24) is 0 Å². The summed E-state index contributed by atoms with van der Waals surface area (Å²) in [6.45, 7) is 1.56. The second kappa shape index (κ2) is 6.72. The molecule has 0 saturated heterocycles. The van der Waals surface area contributed by atoms with Crippen LogP contribution in [-0.4, -0.2) is 29.4 Å². The van der Waals surface area contributed by atoms with Gasteiger partial charge in [-0.25, -0.2) is 4.79 Å². The van der Waals surface area contributed by atoms with Crippen LogP contribution in [0, 0.1) is 10.1 Å². The van der Waals surface area contributed by atoms with E-state index in [1.54, 1.807) is 4.90 Å². The number of ether oxygens (including phenoxy) is 1. The second-order valence-electron chi connectivity index (χ2n) is 5.83. The molecule has 0 aliphatic carbocycles. The Kier molecular flexibility index (Phi) is 4.47. The first-order chi connectivity index (χ1) is 12.0. The van der Waals surface area contributed by atoms with E-state index in [-0.39, 0.29) is 29.8 Å². The number of rotatable bonds is 4. The van der Waals surface area contributed by atoms with Crippen LogP contribution in [0.2, 0.25) is 0 Å². The average molecular weight is 340 g/mol. The SMILES string of the molecule is CC1Cc2ccccc2N1C(=O)COC(=O)c1ccc([N+](=O)[O-])cc1. The largest absolute Gasteiger partial charge is 0.452 e. The molecule has 2 aromatic rings. The highest BCUT2D eigenvalue weighted by atomic mass is 16.6. The summed E-state index contributed by atoms with van der Waals surface area (Å²) in [6, 6.07) is 12.7. The van der Waals surface area contributed by atoms with Crippen molar-refractivity contribution >= 4 is 23.3 Å². The normalized spacial score (nSPS) is 15.6. The van der Waals surface area contributed by atoms with Gasteiger partial charge in [0.25, 0.3) is 11.6 Å². The van der Waals surface area contributed by atoms with Gasteiger partial charge in [-0.2, -0.15) is 0 Å². The maximum absolute atomic E-state index is 12.5. The minimum absolute atomic E-state index is 0.00276. The highest BCUT2D eigenvalue weighted by molar-refractivity contribution is 5.99. The van der Waals surface area contributed by atoms with Crippen molar-refractivity contribution in [3.8, 4) is 0 Å². The van der Waals surface area contributed by atoms with Crippen molar-refractivity contribution in [3.63, 3.8) is 0 Å². The molecule has 0 bridgehead atoms. The fraction of sp³-hybridized carbons (Fsp3) is 0.222. The van der Waals surface area contributed by atoms with E-state index >= 15 is 0 Å². The monoisotopic (exact) mass is 340 g/mol. The van der Waals surface area contributed by atoms with Gasteiger partial charge in [0, 0.05) is 23.9 Å². The van der Waals surface area contributed by atoms with Gasteiger partial charge in [-0.1, -0.05) is 18.2 Å². The molecule has 128 valence electrons. The molecule has 1 atom stereocenters. The Morgan fingerprint density at radius 3 is 2.56 bits per heavy atom. The number of fused-ring (bicyclic) bond motifs is 1.